The molecule has 0 fully saturated rings. The fourth-order valence-corrected chi connectivity index (χ4v) is 5.17. The van der Waals surface area contributed by atoms with Crippen LogP contribution in [0.1, 0.15) is 40.0 Å². The van der Waals surface area contributed by atoms with Gasteiger partial charge < -0.3 is 9.13 Å². The Balaban J connectivity index is 1.51. The predicted octanol–water partition coefficient (Wildman–Crippen LogP) is 5.25. The topological polar surface area (TPSA) is 65.6 Å². The second-order valence-electron chi connectivity index (χ2n) is 7.36. The van der Waals surface area contributed by atoms with Crippen LogP contribution in [0, 0.1) is 13.8 Å². The van der Waals surface area contributed by atoms with Crippen LogP contribution in [-0.4, -0.2) is 35.9 Å². The molecule has 4 aromatic heterocycles. The number of aryl methyl sites for hydroxylation is 1. The summed E-state index contributed by atoms with van der Waals surface area (Å²) in [5, 5.41) is 11.6. The van der Waals surface area contributed by atoms with E-state index in [9.17, 15) is 4.79 Å². The summed E-state index contributed by atoms with van der Waals surface area (Å²) in [6.45, 7) is 7.81. The highest BCUT2D eigenvalue weighted by Gasteiger charge is 2.19. The lowest BCUT2D eigenvalue weighted by Gasteiger charge is -2.09. The van der Waals surface area contributed by atoms with E-state index in [2.05, 4.69) is 55.7 Å². The van der Waals surface area contributed by atoms with Crippen LogP contribution in [0.5, 0.6) is 0 Å². The van der Waals surface area contributed by atoms with Gasteiger partial charge >= 0.3 is 0 Å². The number of ketones is 1. The van der Waals surface area contributed by atoms with Gasteiger partial charge in [0.1, 0.15) is 0 Å². The van der Waals surface area contributed by atoms with Crippen molar-refractivity contribution >= 4 is 28.9 Å². The Labute approximate surface area is 190 Å². The van der Waals surface area contributed by atoms with E-state index in [-0.39, 0.29) is 5.78 Å². The van der Waals surface area contributed by atoms with Crippen molar-refractivity contribution in [1.29, 1.82) is 0 Å². The molecule has 0 N–H and O–H groups in total. The molecule has 0 spiro atoms. The van der Waals surface area contributed by atoms with Gasteiger partial charge in [-0.2, -0.15) is 0 Å². The summed E-state index contributed by atoms with van der Waals surface area (Å²) in [7, 11) is 0. The second kappa shape index (κ2) is 9.62. The summed E-state index contributed by atoms with van der Waals surface area (Å²) in [5.74, 6) is 1.27. The van der Waals surface area contributed by atoms with Gasteiger partial charge in [-0.05, 0) is 49.9 Å². The summed E-state index contributed by atoms with van der Waals surface area (Å²) >= 11 is 3.19. The van der Waals surface area contributed by atoms with Gasteiger partial charge in [-0.3, -0.25) is 9.78 Å². The van der Waals surface area contributed by atoms with Crippen LogP contribution in [0.25, 0.3) is 11.4 Å². The molecule has 0 aliphatic heterocycles. The average molecular weight is 452 g/mol. The van der Waals surface area contributed by atoms with Gasteiger partial charge in [0, 0.05) is 46.3 Å². The van der Waals surface area contributed by atoms with E-state index in [1.165, 1.54) is 16.6 Å². The Morgan fingerprint density at radius 1 is 1.13 bits per heavy atom. The van der Waals surface area contributed by atoms with Crippen LogP contribution in [0.3, 0.4) is 0 Å². The summed E-state index contributed by atoms with van der Waals surface area (Å²) < 4.78 is 4.30. The van der Waals surface area contributed by atoms with Gasteiger partial charge in [0.05, 0.1) is 12.3 Å². The smallest absolute Gasteiger partial charge is 0.191 e. The van der Waals surface area contributed by atoms with Gasteiger partial charge in [0.2, 0.25) is 0 Å². The number of thiophene rings is 1. The molecule has 0 bridgehead atoms. The lowest BCUT2D eigenvalue weighted by Crippen LogP contribution is -2.08. The lowest BCUT2D eigenvalue weighted by molar-refractivity contribution is 0.102. The first-order valence-corrected chi connectivity index (χ1v) is 12.1. The number of aromatic nitrogens is 5. The van der Waals surface area contributed by atoms with E-state index in [1.54, 1.807) is 23.7 Å². The molecule has 0 saturated carbocycles. The molecule has 0 saturated heterocycles. The normalized spacial score (nSPS) is 11.2. The Kier molecular flexibility index (Phi) is 6.67. The van der Waals surface area contributed by atoms with Crippen molar-refractivity contribution in [3.63, 3.8) is 0 Å². The highest BCUT2D eigenvalue weighted by molar-refractivity contribution is 7.99. The SMILES string of the molecule is CCCn1c(SCC(=O)c2cc(C)n(Cc3cccs3)c2C)nnc1-c1ccncc1. The molecule has 4 rings (SSSR count). The van der Waals surface area contributed by atoms with E-state index in [1.807, 2.05) is 25.1 Å². The third-order valence-electron chi connectivity index (χ3n) is 5.20. The van der Waals surface area contributed by atoms with Gasteiger partial charge in [-0.15, -0.1) is 21.5 Å². The molecule has 0 atom stereocenters. The van der Waals surface area contributed by atoms with Crippen molar-refractivity contribution < 1.29 is 4.79 Å². The van der Waals surface area contributed by atoms with E-state index in [4.69, 9.17) is 0 Å². The molecule has 6 nitrogen and oxygen atoms in total. The van der Waals surface area contributed by atoms with Crippen molar-refractivity contribution in [2.24, 2.45) is 0 Å². The minimum absolute atomic E-state index is 0.118. The van der Waals surface area contributed by atoms with E-state index in [0.717, 1.165) is 53.0 Å². The Morgan fingerprint density at radius 3 is 2.65 bits per heavy atom. The number of Topliss-reactive ketones (excluding diaryl/α,β-unsaturated/α-hetero) is 1. The Morgan fingerprint density at radius 2 is 1.94 bits per heavy atom. The minimum atomic E-state index is 0.118. The maximum Gasteiger partial charge on any atom is 0.191 e. The number of thioether (sulfide) groups is 1. The summed E-state index contributed by atoms with van der Waals surface area (Å²) in [6.07, 6.45) is 4.46. The average Bonchev–Trinajstić information content (AvgIpc) is 3.50. The fourth-order valence-electron chi connectivity index (χ4n) is 3.63. The lowest BCUT2D eigenvalue weighted by atomic mass is 10.2. The third kappa shape index (κ3) is 4.65. The first-order chi connectivity index (χ1) is 15.1. The molecule has 4 aromatic rings. The molecular formula is C23H25N5OS2. The molecule has 0 amide bonds. The minimum Gasteiger partial charge on any atom is -0.343 e. The molecule has 0 unspecified atom stereocenters. The zero-order chi connectivity index (χ0) is 21.8. The highest BCUT2D eigenvalue weighted by atomic mass is 32.2. The predicted molar refractivity (Wildman–Crippen MR) is 126 cm³/mol. The van der Waals surface area contributed by atoms with Crippen molar-refractivity contribution in [2.75, 3.05) is 5.75 Å². The number of nitrogens with zero attached hydrogens (tertiary/aromatic N) is 5. The summed E-state index contributed by atoms with van der Waals surface area (Å²) in [4.78, 5) is 18.4. The maximum atomic E-state index is 13.1. The quantitative estimate of drug-likeness (QED) is 0.257. The first kappa shape index (κ1) is 21.5. The molecular weight excluding hydrogens is 426 g/mol. The van der Waals surface area contributed by atoms with Gasteiger partial charge in [-0.25, -0.2) is 0 Å². The molecule has 8 heteroatoms. The van der Waals surface area contributed by atoms with E-state index >= 15 is 0 Å². The molecule has 0 radical (unpaired) electrons. The molecule has 160 valence electrons. The van der Waals surface area contributed by atoms with E-state index in [0.29, 0.717) is 5.75 Å². The van der Waals surface area contributed by atoms with Crippen LogP contribution in [0.2, 0.25) is 0 Å². The summed E-state index contributed by atoms with van der Waals surface area (Å²) in [6, 6.07) is 10.0. The molecule has 0 aliphatic rings. The first-order valence-electron chi connectivity index (χ1n) is 10.3. The van der Waals surface area contributed by atoms with Crippen molar-refractivity contribution in [2.45, 2.75) is 45.4 Å². The number of rotatable bonds is 9. The van der Waals surface area contributed by atoms with E-state index < -0.39 is 0 Å². The number of hydrogen-bond acceptors (Lipinski definition) is 6. The van der Waals surface area contributed by atoms with Gasteiger partial charge in [0.25, 0.3) is 0 Å². The molecule has 4 heterocycles. The van der Waals surface area contributed by atoms with Crippen LogP contribution in [-0.2, 0) is 13.1 Å². The Hall–Kier alpha value is -2.71. The van der Waals surface area contributed by atoms with Crippen LogP contribution in [0.15, 0.2) is 53.3 Å². The van der Waals surface area contributed by atoms with Gasteiger partial charge in [0.15, 0.2) is 16.8 Å². The highest BCUT2D eigenvalue weighted by Crippen LogP contribution is 2.26. The zero-order valence-corrected chi connectivity index (χ0v) is 19.5. The molecule has 0 aliphatic carbocycles. The summed E-state index contributed by atoms with van der Waals surface area (Å²) in [5.41, 5.74) is 3.89. The van der Waals surface area contributed by atoms with Crippen molar-refractivity contribution in [3.05, 3.63) is 69.9 Å². The molecule has 0 aromatic carbocycles. The molecule has 31 heavy (non-hydrogen) atoms. The second-order valence-corrected chi connectivity index (χ2v) is 9.33. The van der Waals surface area contributed by atoms with Crippen molar-refractivity contribution in [3.8, 4) is 11.4 Å². The standard InChI is InChI=1S/C23H25N5OS2/c1-4-11-27-22(18-7-9-24-10-8-18)25-26-23(27)31-15-21(29)20-13-16(2)28(17(20)3)14-19-6-5-12-30-19/h5-10,12-13H,4,11,14-15H2,1-3H3. The number of carbonyl (C=O) groups is 1. The fraction of sp³-hybridized carbons (Fsp3) is 0.304. The number of hydrogen-bond donors (Lipinski definition) is 0. The van der Waals surface area contributed by atoms with Crippen molar-refractivity contribution in [1.82, 2.24) is 24.3 Å². The number of carbonyl (C=O) groups excluding carboxylic acids is 1. The maximum absolute atomic E-state index is 13.1. The number of pyridine rings is 1. The van der Waals surface area contributed by atoms with Crippen LogP contribution >= 0.6 is 23.1 Å². The Bertz CT molecular complexity index is 1160. The van der Waals surface area contributed by atoms with Crippen LogP contribution in [0.4, 0.5) is 0 Å². The largest absolute Gasteiger partial charge is 0.343 e. The zero-order valence-electron chi connectivity index (χ0n) is 17.9. The van der Waals surface area contributed by atoms with Gasteiger partial charge in [-0.1, -0.05) is 24.8 Å². The van der Waals surface area contributed by atoms with Crippen LogP contribution < -0.4 is 0 Å². The monoisotopic (exact) mass is 451 g/mol. The third-order valence-corrected chi connectivity index (χ3v) is 7.03.